The molecule has 7 heteroatoms. The highest BCUT2D eigenvalue weighted by molar-refractivity contribution is 7.99. The lowest BCUT2D eigenvalue weighted by Crippen LogP contribution is -2.04. The molecule has 0 aliphatic heterocycles. The van der Waals surface area contributed by atoms with Gasteiger partial charge in [0, 0.05) is 0 Å². The summed E-state index contributed by atoms with van der Waals surface area (Å²) in [6, 6.07) is 5.09. The smallest absolute Gasteiger partial charge is 0.338 e. The molecule has 2 N–H and O–H groups in total. The number of carboxylic acids is 1. The molecule has 0 saturated heterocycles. The number of imidazole rings is 1. The summed E-state index contributed by atoms with van der Waals surface area (Å²) in [4.78, 5) is 29.5. The minimum Gasteiger partial charge on any atom is -0.481 e. The van der Waals surface area contributed by atoms with Gasteiger partial charge in [0.05, 0.1) is 34.7 Å². The number of nitrogens with one attached hydrogen (secondary N) is 1. The maximum absolute atomic E-state index is 11.6. The lowest BCUT2D eigenvalue weighted by Gasteiger charge is -2.00. The van der Waals surface area contributed by atoms with E-state index in [4.69, 9.17) is 9.84 Å². The number of rotatable bonds is 6. The van der Waals surface area contributed by atoms with Crippen LogP contribution in [-0.4, -0.2) is 39.4 Å². The van der Waals surface area contributed by atoms with Crippen LogP contribution in [0, 0.1) is 0 Å². The summed E-state index contributed by atoms with van der Waals surface area (Å²) in [5.74, 6) is -0.0188. The fourth-order valence-corrected chi connectivity index (χ4v) is 2.31. The highest BCUT2D eigenvalue weighted by Gasteiger charge is 2.10. The largest absolute Gasteiger partial charge is 0.481 e. The van der Waals surface area contributed by atoms with Crippen LogP contribution in [-0.2, 0) is 15.3 Å². The molecule has 1 aromatic heterocycles. The fraction of sp³-hybridized carbons (Fsp3) is 0.308. The van der Waals surface area contributed by atoms with Crippen molar-refractivity contribution >= 4 is 34.7 Å². The topological polar surface area (TPSA) is 92.3 Å². The third kappa shape index (κ3) is 3.51. The van der Waals surface area contributed by atoms with Gasteiger partial charge in [-0.3, -0.25) is 4.79 Å². The van der Waals surface area contributed by atoms with Crippen LogP contribution in [0.25, 0.3) is 11.0 Å². The summed E-state index contributed by atoms with van der Waals surface area (Å²) in [6.07, 6.45) is 0. The van der Waals surface area contributed by atoms with Gasteiger partial charge < -0.3 is 14.8 Å². The van der Waals surface area contributed by atoms with E-state index in [9.17, 15) is 9.59 Å². The minimum atomic E-state index is -0.851. The lowest BCUT2D eigenvalue weighted by atomic mass is 10.2. The number of hydrogen-bond acceptors (Lipinski definition) is 5. The zero-order valence-corrected chi connectivity index (χ0v) is 11.7. The SMILES string of the molecule is CCOC(=O)c1ccc2nc(CSCC(=O)O)[nH]c2c1. The van der Waals surface area contributed by atoms with Gasteiger partial charge in [0.25, 0.3) is 0 Å². The van der Waals surface area contributed by atoms with E-state index in [-0.39, 0.29) is 11.7 Å². The van der Waals surface area contributed by atoms with Crippen molar-refractivity contribution in [3.8, 4) is 0 Å². The average molecular weight is 294 g/mol. The van der Waals surface area contributed by atoms with Crippen LogP contribution in [0.3, 0.4) is 0 Å². The maximum Gasteiger partial charge on any atom is 0.338 e. The molecule has 0 saturated carbocycles. The number of benzene rings is 1. The molecule has 0 amide bonds. The average Bonchev–Trinajstić information content (AvgIpc) is 2.80. The first-order chi connectivity index (χ1) is 9.60. The van der Waals surface area contributed by atoms with Gasteiger partial charge in [-0.25, -0.2) is 9.78 Å². The normalized spacial score (nSPS) is 10.7. The number of hydrogen-bond donors (Lipinski definition) is 2. The minimum absolute atomic E-state index is 0.0329. The van der Waals surface area contributed by atoms with Gasteiger partial charge in [0.15, 0.2) is 0 Å². The molecule has 2 rings (SSSR count). The molecular formula is C13H14N2O4S. The first kappa shape index (κ1) is 14.4. The van der Waals surface area contributed by atoms with Crippen LogP contribution in [0.2, 0.25) is 0 Å². The molecule has 0 aliphatic rings. The second kappa shape index (κ2) is 6.42. The molecule has 1 heterocycles. The molecule has 0 unspecified atom stereocenters. The summed E-state index contributed by atoms with van der Waals surface area (Å²) in [5.41, 5.74) is 1.94. The third-order valence-electron chi connectivity index (χ3n) is 2.51. The molecule has 0 aliphatic carbocycles. The fourth-order valence-electron chi connectivity index (χ4n) is 1.71. The van der Waals surface area contributed by atoms with Crippen molar-refractivity contribution in [1.82, 2.24) is 9.97 Å². The molecule has 20 heavy (non-hydrogen) atoms. The van der Waals surface area contributed by atoms with Crippen LogP contribution in [0.4, 0.5) is 0 Å². The van der Waals surface area contributed by atoms with Crippen LogP contribution in [0.15, 0.2) is 18.2 Å². The molecule has 0 spiro atoms. The number of aromatic amines is 1. The Morgan fingerprint density at radius 3 is 2.95 bits per heavy atom. The Balaban J connectivity index is 2.13. The summed E-state index contributed by atoms with van der Waals surface area (Å²) in [7, 11) is 0. The number of aliphatic carboxylic acids is 1. The number of carboxylic acid groups (broad SMARTS) is 1. The number of carbonyl (C=O) groups is 2. The van der Waals surface area contributed by atoms with Gasteiger partial charge in [-0.15, -0.1) is 11.8 Å². The van der Waals surface area contributed by atoms with Crippen LogP contribution in [0.1, 0.15) is 23.1 Å². The van der Waals surface area contributed by atoms with E-state index in [0.717, 1.165) is 11.0 Å². The Hall–Kier alpha value is -2.02. The first-order valence-corrected chi connectivity index (χ1v) is 7.21. The van der Waals surface area contributed by atoms with Crippen molar-refractivity contribution in [2.75, 3.05) is 12.4 Å². The van der Waals surface area contributed by atoms with Crippen LogP contribution < -0.4 is 0 Å². The zero-order chi connectivity index (χ0) is 14.5. The summed E-state index contributed by atoms with van der Waals surface area (Å²) in [6.45, 7) is 2.08. The summed E-state index contributed by atoms with van der Waals surface area (Å²) < 4.78 is 4.93. The number of thioether (sulfide) groups is 1. The second-order valence-corrected chi connectivity index (χ2v) is 5.01. The highest BCUT2D eigenvalue weighted by atomic mass is 32.2. The molecule has 0 atom stereocenters. The number of nitrogens with zero attached hydrogens (tertiary/aromatic N) is 1. The Labute approximate surface area is 119 Å². The number of esters is 1. The van der Waals surface area contributed by atoms with Crippen molar-refractivity contribution in [3.05, 3.63) is 29.6 Å². The van der Waals surface area contributed by atoms with E-state index in [2.05, 4.69) is 9.97 Å². The second-order valence-electron chi connectivity index (χ2n) is 4.02. The van der Waals surface area contributed by atoms with Gasteiger partial charge in [0.2, 0.25) is 0 Å². The number of ether oxygens (including phenoxy) is 1. The van der Waals surface area contributed by atoms with Crippen molar-refractivity contribution in [2.24, 2.45) is 0 Å². The standard InChI is InChI=1S/C13H14N2O4S/c1-2-19-13(18)8-3-4-9-10(5-8)15-11(14-9)6-20-7-12(16)17/h3-5H,2,6-7H2,1H3,(H,14,15)(H,16,17). The van der Waals surface area contributed by atoms with Gasteiger partial charge in [-0.05, 0) is 25.1 Å². The maximum atomic E-state index is 11.6. The quantitative estimate of drug-likeness (QED) is 0.792. The van der Waals surface area contributed by atoms with Gasteiger partial charge >= 0.3 is 11.9 Å². The number of H-pyrrole nitrogens is 1. The molecular weight excluding hydrogens is 280 g/mol. The summed E-state index contributed by atoms with van der Waals surface area (Å²) >= 11 is 1.26. The van der Waals surface area contributed by atoms with Crippen molar-refractivity contribution in [3.63, 3.8) is 0 Å². The Morgan fingerprint density at radius 2 is 2.25 bits per heavy atom. The first-order valence-electron chi connectivity index (χ1n) is 6.05. The van der Waals surface area contributed by atoms with E-state index in [1.807, 2.05) is 0 Å². The molecule has 6 nitrogen and oxygen atoms in total. The molecule has 0 bridgehead atoms. The number of carbonyl (C=O) groups excluding carboxylic acids is 1. The molecule has 2 aromatic rings. The van der Waals surface area contributed by atoms with E-state index in [1.165, 1.54) is 11.8 Å². The van der Waals surface area contributed by atoms with Crippen molar-refractivity contribution in [1.29, 1.82) is 0 Å². The molecule has 106 valence electrons. The monoisotopic (exact) mass is 294 g/mol. The predicted octanol–water partition coefficient (Wildman–Crippen LogP) is 2.06. The molecule has 1 aromatic carbocycles. The van der Waals surface area contributed by atoms with Gasteiger partial charge in [-0.1, -0.05) is 0 Å². The number of aromatic nitrogens is 2. The number of fused-ring (bicyclic) bond motifs is 1. The molecule has 0 radical (unpaired) electrons. The Bertz CT molecular complexity index is 638. The predicted molar refractivity (Wildman–Crippen MR) is 75.8 cm³/mol. The Kier molecular flexibility index (Phi) is 4.62. The Morgan fingerprint density at radius 1 is 1.45 bits per heavy atom. The van der Waals surface area contributed by atoms with E-state index in [1.54, 1.807) is 25.1 Å². The lowest BCUT2D eigenvalue weighted by molar-refractivity contribution is -0.133. The van der Waals surface area contributed by atoms with Crippen LogP contribution >= 0.6 is 11.8 Å². The van der Waals surface area contributed by atoms with E-state index in [0.29, 0.717) is 23.7 Å². The van der Waals surface area contributed by atoms with E-state index >= 15 is 0 Å². The highest BCUT2D eigenvalue weighted by Crippen LogP contribution is 2.17. The van der Waals surface area contributed by atoms with Gasteiger partial charge in [0.1, 0.15) is 5.82 Å². The van der Waals surface area contributed by atoms with Crippen molar-refractivity contribution < 1.29 is 19.4 Å². The zero-order valence-electron chi connectivity index (χ0n) is 10.9. The third-order valence-corrected chi connectivity index (χ3v) is 3.44. The van der Waals surface area contributed by atoms with Gasteiger partial charge in [-0.2, -0.15) is 0 Å². The van der Waals surface area contributed by atoms with Crippen LogP contribution in [0.5, 0.6) is 0 Å². The van der Waals surface area contributed by atoms with E-state index < -0.39 is 5.97 Å². The van der Waals surface area contributed by atoms with Crippen molar-refractivity contribution in [2.45, 2.75) is 12.7 Å². The molecule has 0 fully saturated rings. The summed E-state index contributed by atoms with van der Waals surface area (Å²) in [5, 5.41) is 8.58.